The summed E-state index contributed by atoms with van der Waals surface area (Å²) in [7, 11) is 1.56. The van der Waals surface area contributed by atoms with E-state index in [4.69, 9.17) is 10.5 Å². The van der Waals surface area contributed by atoms with E-state index in [-0.39, 0.29) is 17.3 Å². The molecule has 2 N–H and O–H groups in total. The summed E-state index contributed by atoms with van der Waals surface area (Å²) in [6.07, 6.45) is 0. The minimum Gasteiger partial charge on any atom is -0.393 e. The van der Waals surface area contributed by atoms with Crippen LogP contribution in [0.4, 0.5) is 11.4 Å². The molecule has 0 fully saturated rings. The third kappa shape index (κ3) is 3.65. The molecular formula is C12H17N3O4. The number of carbonyl (C=O) groups excluding carboxylic acids is 1. The number of amides is 1. The van der Waals surface area contributed by atoms with Crippen molar-refractivity contribution >= 4 is 17.3 Å². The molecule has 0 spiro atoms. The van der Waals surface area contributed by atoms with E-state index in [0.29, 0.717) is 25.3 Å². The van der Waals surface area contributed by atoms with Gasteiger partial charge in [0.1, 0.15) is 5.69 Å². The van der Waals surface area contributed by atoms with Crippen molar-refractivity contribution in [2.24, 2.45) is 0 Å². The number of nitrogen functional groups attached to an aromatic ring is 1. The first kappa shape index (κ1) is 14.9. The maximum atomic E-state index is 12.2. The number of benzene rings is 1. The van der Waals surface area contributed by atoms with E-state index >= 15 is 0 Å². The standard InChI is InChI=1S/C12H17N3O4/c1-3-14(6-7-19-2)12(16)9-4-5-11(15(17)18)10(13)8-9/h4-5,8H,3,6-7,13H2,1-2H3. The van der Waals surface area contributed by atoms with Crippen LogP contribution in [0, 0.1) is 10.1 Å². The van der Waals surface area contributed by atoms with Crippen molar-refractivity contribution < 1.29 is 14.5 Å². The smallest absolute Gasteiger partial charge is 0.292 e. The van der Waals surface area contributed by atoms with Crippen molar-refractivity contribution in [1.29, 1.82) is 0 Å². The van der Waals surface area contributed by atoms with Crippen molar-refractivity contribution in [2.45, 2.75) is 6.92 Å². The zero-order chi connectivity index (χ0) is 14.4. The highest BCUT2D eigenvalue weighted by molar-refractivity contribution is 5.95. The molecule has 7 heteroatoms. The predicted molar refractivity (Wildman–Crippen MR) is 71.0 cm³/mol. The van der Waals surface area contributed by atoms with E-state index in [9.17, 15) is 14.9 Å². The van der Waals surface area contributed by atoms with Crippen LogP contribution in [-0.4, -0.2) is 42.5 Å². The summed E-state index contributed by atoms with van der Waals surface area (Å²) in [6, 6.07) is 3.98. The molecule has 0 saturated carbocycles. The number of hydrogen-bond donors (Lipinski definition) is 1. The van der Waals surface area contributed by atoms with Gasteiger partial charge in [-0.25, -0.2) is 0 Å². The second kappa shape index (κ2) is 6.69. The molecule has 1 aromatic rings. The van der Waals surface area contributed by atoms with Crippen LogP contribution in [0.1, 0.15) is 17.3 Å². The van der Waals surface area contributed by atoms with Crippen LogP contribution < -0.4 is 5.73 Å². The van der Waals surface area contributed by atoms with Gasteiger partial charge in [0.25, 0.3) is 11.6 Å². The average molecular weight is 267 g/mol. The minimum atomic E-state index is -0.577. The normalized spacial score (nSPS) is 10.2. The van der Waals surface area contributed by atoms with Gasteiger partial charge in [0.2, 0.25) is 0 Å². The Bertz CT molecular complexity index is 476. The van der Waals surface area contributed by atoms with Crippen molar-refractivity contribution in [3.8, 4) is 0 Å². The lowest BCUT2D eigenvalue weighted by molar-refractivity contribution is -0.383. The van der Waals surface area contributed by atoms with Crippen LogP contribution in [0.15, 0.2) is 18.2 Å². The third-order valence-electron chi connectivity index (χ3n) is 2.71. The number of carbonyl (C=O) groups is 1. The first-order valence-corrected chi connectivity index (χ1v) is 5.83. The molecule has 0 heterocycles. The lowest BCUT2D eigenvalue weighted by Crippen LogP contribution is -2.33. The molecule has 0 aliphatic carbocycles. The molecule has 19 heavy (non-hydrogen) atoms. The Morgan fingerprint density at radius 3 is 2.68 bits per heavy atom. The number of nitro benzene ring substituents is 1. The maximum absolute atomic E-state index is 12.2. The van der Waals surface area contributed by atoms with Gasteiger partial charge >= 0.3 is 0 Å². The third-order valence-corrected chi connectivity index (χ3v) is 2.71. The molecular weight excluding hydrogens is 250 g/mol. The summed E-state index contributed by atoms with van der Waals surface area (Å²) in [5.41, 5.74) is 5.69. The highest BCUT2D eigenvalue weighted by Crippen LogP contribution is 2.22. The second-order valence-corrected chi connectivity index (χ2v) is 3.91. The zero-order valence-corrected chi connectivity index (χ0v) is 11.0. The number of nitro groups is 1. The Kier molecular flexibility index (Phi) is 5.25. The SMILES string of the molecule is CCN(CCOC)C(=O)c1ccc([N+](=O)[O-])c(N)c1. The molecule has 1 amide bonds. The molecule has 0 bridgehead atoms. The molecule has 0 saturated heterocycles. The lowest BCUT2D eigenvalue weighted by atomic mass is 10.1. The Balaban J connectivity index is 2.93. The van der Waals surface area contributed by atoms with Crippen LogP contribution in [0.2, 0.25) is 0 Å². The Hall–Kier alpha value is -2.15. The fraction of sp³-hybridized carbons (Fsp3) is 0.417. The van der Waals surface area contributed by atoms with E-state index in [2.05, 4.69) is 0 Å². The number of ether oxygens (including phenoxy) is 1. The monoisotopic (exact) mass is 267 g/mol. The van der Waals surface area contributed by atoms with Gasteiger partial charge in [-0.15, -0.1) is 0 Å². The van der Waals surface area contributed by atoms with Gasteiger partial charge < -0.3 is 15.4 Å². The molecule has 7 nitrogen and oxygen atoms in total. The van der Waals surface area contributed by atoms with Crippen molar-refractivity contribution in [1.82, 2.24) is 4.90 Å². The summed E-state index contributed by atoms with van der Waals surface area (Å²) < 4.78 is 4.93. The van der Waals surface area contributed by atoms with Gasteiger partial charge in [-0.3, -0.25) is 14.9 Å². The van der Waals surface area contributed by atoms with Gasteiger partial charge in [0.15, 0.2) is 0 Å². The summed E-state index contributed by atoms with van der Waals surface area (Å²) in [6.45, 7) is 3.27. The summed E-state index contributed by atoms with van der Waals surface area (Å²) in [5.74, 6) is -0.221. The molecule has 0 atom stereocenters. The highest BCUT2D eigenvalue weighted by atomic mass is 16.6. The molecule has 0 aliphatic heterocycles. The van der Waals surface area contributed by atoms with E-state index in [0.717, 1.165) is 0 Å². The lowest BCUT2D eigenvalue weighted by Gasteiger charge is -2.20. The fourth-order valence-corrected chi connectivity index (χ4v) is 1.64. The number of methoxy groups -OCH3 is 1. The number of hydrogen-bond acceptors (Lipinski definition) is 5. The predicted octanol–water partition coefficient (Wildman–Crippen LogP) is 1.29. The number of nitrogens with two attached hydrogens (primary N) is 1. The number of likely N-dealkylation sites (N-methyl/N-ethyl adjacent to an activating group) is 1. The van der Waals surface area contributed by atoms with E-state index < -0.39 is 4.92 Å². The maximum Gasteiger partial charge on any atom is 0.292 e. The second-order valence-electron chi connectivity index (χ2n) is 3.91. The van der Waals surface area contributed by atoms with Gasteiger partial charge in [-0.2, -0.15) is 0 Å². The number of nitrogens with zero attached hydrogens (tertiary/aromatic N) is 2. The van der Waals surface area contributed by atoms with Crippen molar-refractivity contribution in [2.75, 3.05) is 32.5 Å². The zero-order valence-electron chi connectivity index (χ0n) is 11.0. The first-order valence-electron chi connectivity index (χ1n) is 5.83. The van der Waals surface area contributed by atoms with Crippen LogP contribution in [0.5, 0.6) is 0 Å². The average Bonchev–Trinajstić information content (AvgIpc) is 2.38. The molecule has 0 aromatic heterocycles. The molecule has 0 aliphatic rings. The van der Waals surface area contributed by atoms with Crippen molar-refractivity contribution in [3.63, 3.8) is 0 Å². The van der Waals surface area contributed by atoms with Crippen LogP contribution in [-0.2, 0) is 4.74 Å². The van der Waals surface area contributed by atoms with E-state index in [1.807, 2.05) is 6.92 Å². The molecule has 0 radical (unpaired) electrons. The molecule has 0 unspecified atom stereocenters. The van der Waals surface area contributed by atoms with Gasteiger partial charge in [-0.1, -0.05) is 0 Å². The Morgan fingerprint density at radius 2 is 2.21 bits per heavy atom. The van der Waals surface area contributed by atoms with Crippen molar-refractivity contribution in [3.05, 3.63) is 33.9 Å². The van der Waals surface area contributed by atoms with Gasteiger partial charge in [0, 0.05) is 31.8 Å². The first-order chi connectivity index (χ1) is 9.01. The summed E-state index contributed by atoms with van der Waals surface area (Å²) >= 11 is 0. The van der Waals surface area contributed by atoms with Crippen LogP contribution in [0.3, 0.4) is 0 Å². The summed E-state index contributed by atoms with van der Waals surface area (Å²) in [5, 5.41) is 10.6. The largest absolute Gasteiger partial charge is 0.393 e. The molecule has 104 valence electrons. The Labute approximate surface area is 111 Å². The van der Waals surface area contributed by atoms with E-state index in [1.165, 1.54) is 18.2 Å². The quantitative estimate of drug-likeness (QED) is 0.475. The number of rotatable bonds is 6. The highest BCUT2D eigenvalue weighted by Gasteiger charge is 2.18. The minimum absolute atomic E-state index is 0.0151. The van der Waals surface area contributed by atoms with Gasteiger partial charge in [-0.05, 0) is 19.1 Å². The molecule has 1 rings (SSSR count). The van der Waals surface area contributed by atoms with Crippen LogP contribution >= 0.6 is 0 Å². The van der Waals surface area contributed by atoms with Gasteiger partial charge in [0.05, 0.1) is 11.5 Å². The summed E-state index contributed by atoms with van der Waals surface area (Å²) in [4.78, 5) is 23.8. The fourth-order valence-electron chi connectivity index (χ4n) is 1.64. The Morgan fingerprint density at radius 1 is 1.53 bits per heavy atom. The van der Waals surface area contributed by atoms with E-state index in [1.54, 1.807) is 12.0 Å². The molecule has 1 aromatic carbocycles. The topological polar surface area (TPSA) is 98.7 Å². The number of anilines is 1. The van der Waals surface area contributed by atoms with Crippen LogP contribution in [0.25, 0.3) is 0 Å².